The smallest absolute Gasteiger partial charge is 0.248 e. The predicted octanol–water partition coefficient (Wildman–Crippen LogP) is -0.416. The zero-order valence-electron chi connectivity index (χ0n) is 12.2. The average Bonchev–Trinajstić information content (AvgIpc) is 2.77. The third-order valence-corrected chi connectivity index (χ3v) is 4.80. The Morgan fingerprint density at radius 2 is 2.00 bits per heavy atom. The molecular formula is C11H21N5O3S. The number of nitrogen functional groups attached to an aromatic ring is 1. The van der Waals surface area contributed by atoms with Gasteiger partial charge in [-0.2, -0.15) is 9.40 Å². The van der Waals surface area contributed by atoms with E-state index in [2.05, 4.69) is 5.10 Å². The highest BCUT2D eigenvalue weighted by Crippen LogP contribution is 2.21. The zero-order valence-corrected chi connectivity index (χ0v) is 13.0. The van der Waals surface area contributed by atoms with E-state index in [1.807, 2.05) is 6.92 Å². The van der Waals surface area contributed by atoms with E-state index < -0.39 is 10.0 Å². The minimum absolute atomic E-state index is 0.0531. The molecule has 0 saturated heterocycles. The van der Waals surface area contributed by atoms with Gasteiger partial charge in [-0.1, -0.05) is 6.92 Å². The topological polar surface area (TPSA) is 102 Å². The van der Waals surface area contributed by atoms with Gasteiger partial charge in [0.15, 0.2) is 5.82 Å². The normalized spacial score (nSPS) is 11.8. The van der Waals surface area contributed by atoms with Crippen LogP contribution in [0.15, 0.2) is 11.1 Å². The maximum Gasteiger partial charge on any atom is 0.248 e. The number of nitrogens with zero attached hydrogens (tertiary/aromatic N) is 4. The van der Waals surface area contributed by atoms with E-state index in [4.69, 9.17) is 5.73 Å². The first-order valence-corrected chi connectivity index (χ1v) is 7.71. The second kappa shape index (κ2) is 6.23. The van der Waals surface area contributed by atoms with Crippen LogP contribution < -0.4 is 5.73 Å². The Morgan fingerprint density at radius 3 is 2.40 bits per heavy atom. The number of sulfonamides is 1. The second-order valence-corrected chi connectivity index (χ2v) is 6.36. The van der Waals surface area contributed by atoms with Crippen LogP contribution in [0.4, 0.5) is 5.82 Å². The first kappa shape index (κ1) is 16.4. The number of nitrogens with two attached hydrogens (primary N) is 1. The second-order valence-electron chi connectivity index (χ2n) is 4.45. The maximum absolute atomic E-state index is 12.5. The van der Waals surface area contributed by atoms with Gasteiger partial charge >= 0.3 is 0 Å². The molecule has 0 aromatic carbocycles. The number of hydrogen-bond donors (Lipinski definition) is 1. The Hall–Kier alpha value is -1.61. The van der Waals surface area contributed by atoms with E-state index in [0.717, 1.165) is 4.31 Å². The molecule has 1 aromatic rings. The van der Waals surface area contributed by atoms with Gasteiger partial charge in [-0.05, 0) is 6.92 Å². The molecule has 0 bridgehead atoms. The van der Waals surface area contributed by atoms with Gasteiger partial charge in [0.1, 0.15) is 4.90 Å². The van der Waals surface area contributed by atoms with Crippen molar-refractivity contribution in [2.24, 2.45) is 0 Å². The Labute approximate surface area is 119 Å². The monoisotopic (exact) mass is 303 g/mol. The minimum atomic E-state index is -3.82. The first-order valence-electron chi connectivity index (χ1n) is 6.27. The van der Waals surface area contributed by atoms with Crippen molar-refractivity contribution in [1.82, 2.24) is 19.0 Å². The van der Waals surface area contributed by atoms with E-state index in [1.54, 1.807) is 21.0 Å². The molecule has 1 amide bonds. The van der Waals surface area contributed by atoms with Crippen molar-refractivity contribution in [2.75, 3.05) is 32.9 Å². The highest BCUT2D eigenvalue weighted by Gasteiger charge is 2.29. The van der Waals surface area contributed by atoms with Crippen LogP contribution in [-0.2, 0) is 21.4 Å². The van der Waals surface area contributed by atoms with E-state index in [-0.39, 0.29) is 29.7 Å². The van der Waals surface area contributed by atoms with Crippen molar-refractivity contribution in [2.45, 2.75) is 25.3 Å². The molecule has 0 radical (unpaired) electrons. The minimum Gasteiger partial charge on any atom is -0.381 e. The highest BCUT2D eigenvalue weighted by molar-refractivity contribution is 7.89. The predicted molar refractivity (Wildman–Crippen MR) is 75.4 cm³/mol. The van der Waals surface area contributed by atoms with Gasteiger partial charge in [-0.15, -0.1) is 0 Å². The summed E-state index contributed by atoms with van der Waals surface area (Å²) in [6, 6.07) is 0. The summed E-state index contributed by atoms with van der Waals surface area (Å²) in [5.74, 6) is -0.348. The lowest BCUT2D eigenvalue weighted by Gasteiger charge is -2.21. The molecule has 114 valence electrons. The molecule has 0 unspecified atom stereocenters. The van der Waals surface area contributed by atoms with Gasteiger partial charge in [0.25, 0.3) is 0 Å². The lowest BCUT2D eigenvalue weighted by atomic mass is 10.5. The first-order chi connectivity index (χ1) is 9.23. The van der Waals surface area contributed by atoms with Crippen LogP contribution in [0.3, 0.4) is 0 Å². The van der Waals surface area contributed by atoms with Crippen LogP contribution in [0.2, 0.25) is 0 Å². The fourth-order valence-corrected chi connectivity index (χ4v) is 3.04. The summed E-state index contributed by atoms with van der Waals surface area (Å²) in [5.41, 5.74) is 5.65. The van der Waals surface area contributed by atoms with Gasteiger partial charge < -0.3 is 10.6 Å². The van der Waals surface area contributed by atoms with Crippen LogP contribution in [0.25, 0.3) is 0 Å². The molecule has 0 aliphatic heterocycles. The SMILES string of the molecule is CCN(CC(=O)N(C)C)S(=O)(=O)c1cn(CC)nc1N. The van der Waals surface area contributed by atoms with Gasteiger partial charge in [-0.3, -0.25) is 9.48 Å². The summed E-state index contributed by atoms with van der Waals surface area (Å²) in [4.78, 5) is 13.0. The van der Waals surface area contributed by atoms with E-state index in [0.29, 0.717) is 6.54 Å². The Morgan fingerprint density at radius 1 is 1.40 bits per heavy atom. The summed E-state index contributed by atoms with van der Waals surface area (Å²) in [7, 11) is -0.671. The number of anilines is 1. The summed E-state index contributed by atoms with van der Waals surface area (Å²) in [5, 5.41) is 3.92. The molecule has 8 nitrogen and oxygen atoms in total. The fourth-order valence-electron chi connectivity index (χ4n) is 1.58. The van der Waals surface area contributed by atoms with Gasteiger partial charge in [-0.25, -0.2) is 8.42 Å². The number of amides is 1. The molecule has 0 aliphatic rings. The largest absolute Gasteiger partial charge is 0.381 e. The van der Waals surface area contributed by atoms with E-state index in [1.165, 1.54) is 15.8 Å². The van der Waals surface area contributed by atoms with E-state index >= 15 is 0 Å². The summed E-state index contributed by atoms with van der Waals surface area (Å²) in [6.45, 7) is 3.97. The number of aromatic nitrogens is 2. The molecule has 0 saturated carbocycles. The van der Waals surface area contributed by atoms with Crippen LogP contribution in [-0.4, -0.2) is 60.5 Å². The number of carbonyl (C=O) groups is 1. The lowest BCUT2D eigenvalue weighted by Crippen LogP contribution is -2.40. The molecule has 2 N–H and O–H groups in total. The Kier molecular flexibility index (Phi) is 5.12. The van der Waals surface area contributed by atoms with Crippen molar-refractivity contribution in [3.05, 3.63) is 6.20 Å². The number of rotatable bonds is 6. The van der Waals surface area contributed by atoms with Crippen LogP contribution in [0.5, 0.6) is 0 Å². The highest BCUT2D eigenvalue weighted by atomic mass is 32.2. The molecular weight excluding hydrogens is 282 g/mol. The van der Waals surface area contributed by atoms with Crippen molar-refractivity contribution in [3.8, 4) is 0 Å². The number of hydrogen-bond acceptors (Lipinski definition) is 5. The van der Waals surface area contributed by atoms with Crippen molar-refractivity contribution < 1.29 is 13.2 Å². The fraction of sp³-hybridized carbons (Fsp3) is 0.636. The van der Waals surface area contributed by atoms with Crippen LogP contribution in [0.1, 0.15) is 13.8 Å². The standard InChI is InChI=1S/C11H21N5O3S/c1-5-15-7-9(11(12)13-15)20(18,19)16(6-2)8-10(17)14(3)4/h7H,5-6,8H2,1-4H3,(H2,12,13). The van der Waals surface area contributed by atoms with Crippen molar-refractivity contribution in [1.29, 1.82) is 0 Å². The molecule has 1 aromatic heterocycles. The number of carbonyl (C=O) groups excluding carboxylic acids is 1. The third kappa shape index (κ3) is 3.28. The maximum atomic E-state index is 12.5. The summed E-state index contributed by atoms with van der Waals surface area (Å²) >= 11 is 0. The van der Waals surface area contributed by atoms with Crippen molar-refractivity contribution in [3.63, 3.8) is 0 Å². The van der Waals surface area contributed by atoms with Gasteiger partial charge in [0.2, 0.25) is 15.9 Å². The molecule has 9 heteroatoms. The molecule has 1 heterocycles. The average molecular weight is 303 g/mol. The van der Waals surface area contributed by atoms with Crippen LogP contribution >= 0.6 is 0 Å². The Balaban J connectivity index is 3.11. The van der Waals surface area contributed by atoms with Gasteiger partial charge in [0.05, 0.1) is 6.54 Å². The molecule has 1 rings (SSSR count). The number of aryl methyl sites for hydroxylation is 1. The third-order valence-electron chi connectivity index (χ3n) is 2.86. The molecule has 0 fully saturated rings. The summed E-state index contributed by atoms with van der Waals surface area (Å²) in [6.07, 6.45) is 1.38. The summed E-state index contributed by atoms with van der Waals surface area (Å²) < 4.78 is 27.5. The zero-order chi connectivity index (χ0) is 15.5. The Bertz CT molecular complexity index is 579. The van der Waals surface area contributed by atoms with Crippen LogP contribution in [0, 0.1) is 0 Å². The quantitative estimate of drug-likeness (QED) is 0.769. The molecule has 0 atom stereocenters. The van der Waals surface area contributed by atoms with E-state index in [9.17, 15) is 13.2 Å². The van der Waals surface area contributed by atoms with Gasteiger partial charge in [0, 0.05) is 33.4 Å². The molecule has 0 spiro atoms. The lowest BCUT2D eigenvalue weighted by molar-refractivity contribution is -0.128. The molecule has 0 aliphatic carbocycles. The van der Waals surface area contributed by atoms with Crippen molar-refractivity contribution >= 4 is 21.7 Å². The number of likely N-dealkylation sites (N-methyl/N-ethyl adjacent to an activating group) is 2. The molecule has 20 heavy (non-hydrogen) atoms.